The van der Waals surface area contributed by atoms with Crippen molar-refractivity contribution in [3.63, 3.8) is 0 Å². The standard InChI is InChI=1S/C22H28N2/c1-20(22-12-6-3-7-13-22)19-24-17-15-23(16-18-24)14-8-11-21-9-4-2-5-10-21/h2-13,20H,14-19H2,1H3/b11-8+. The first-order chi connectivity index (χ1) is 11.8. The molecule has 1 fully saturated rings. The highest BCUT2D eigenvalue weighted by Gasteiger charge is 2.18. The van der Waals surface area contributed by atoms with Crippen LogP contribution in [0.1, 0.15) is 24.0 Å². The molecule has 2 heteroatoms. The molecule has 1 atom stereocenters. The molecule has 0 aromatic heterocycles. The van der Waals surface area contributed by atoms with Gasteiger partial charge in [-0.15, -0.1) is 0 Å². The Labute approximate surface area is 146 Å². The summed E-state index contributed by atoms with van der Waals surface area (Å²) in [6.45, 7) is 9.24. The quantitative estimate of drug-likeness (QED) is 0.790. The summed E-state index contributed by atoms with van der Waals surface area (Å²) in [5, 5.41) is 0. The topological polar surface area (TPSA) is 6.48 Å². The number of hydrogen-bond acceptors (Lipinski definition) is 2. The van der Waals surface area contributed by atoms with Crippen LogP contribution in [-0.4, -0.2) is 49.1 Å². The minimum absolute atomic E-state index is 0.607. The molecule has 1 saturated heterocycles. The van der Waals surface area contributed by atoms with Gasteiger partial charge in [0.2, 0.25) is 0 Å². The van der Waals surface area contributed by atoms with Gasteiger partial charge in [0, 0.05) is 39.3 Å². The molecule has 24 heavy (non-hydrogen) atoms. The van der Waals surface area contributed by atoms with E-state index in [1.165, 1.54) is 37.3 Å². The molecule has 3 rings (SSSR count). The molecule has 0 saturated carbocycles. The van der Waals surface area contributed by atoms with E-state index in [1.54, 1.807) is 0 Å². The molecule has 0 bridgehead atoms. The van der Waals surface area contributed by atoms with E-state index in [-0.39, 0.29) is 0 Å². The number of nitrogens with zero attached hydrogens (tertiary/aromatic N) is 2. The lowest BCUT2D eigenvalue weighted by Crippen LogP contribution is -2.47. The summed E-state index contributed by atoms with van der Waals surface area (Å²) in [7, 11) is 0. The van der Waals surface area contributed by atoms with Gasteiger partial charge in [-0.3, -0.25) is 4.90 Å². The number of hydrogen-bond donors (Lipinski definition) is 0. The van der Waals surface area contributed by atoms with Crippen molar-refractivity contribution in [1.29, 1.82) is 0 Å². The lowest BCUT2D eigenvalue weighted by atomic mass is 10.0. The van der Waals surface area contributed by atoms with E-state index in [9.17, 15) is 0 Å². The van der Waals surface area contributed by atoms with E-state index in [2.05, 4.69) is 89.5 Å². The molecular formula is C22H28N2. The summed E-state index contributed by atoms with van der Waals surface area (Å²) in [4.78, 5) is 5.15. The molecule has 0 radical (unpaired) electrons. The van der Waals surface area contributed by atoms with Crippen molar-refractivity contribution in [1.82, 2.24) is 9.80 Å². The van der Waals surface area contributed by atoms with Crippen molar-refractivity contribution in [3.05, 3.63) is 77.9 Å². The maximum absolute atomic E-state index is 2.61. The summed E-state index contributed by atoms with van der Waals surface area (Å²) in [5.74, 6) is 0.607. The van der Waals surface area contributed by atoms with E-state index >= 15 is 0 Å². The van der Waals surface area contributed by atoms with Crippen LogP contribution in [0.2, 0.25) is 0 Å². The molecule has 0 N–H and O–H groups in total. The van der Waals surface area contributed by atoms with Crippen LogP contribution in [0.25, 0.3) is 6.08 Å². The van der Waals surface area contributed by atoms with Gasteiger partial charge in [-0.05, 0) is 17.0 Å². The molecular weight excluding hydrogens is 292 g/mol. The largest absolute Gasteiger partial charge is 0.300 e. The van der Waals surface area contributed by atoms with E-state index in [0.717, 1.165) is 13.1 Å². The fourth-order valence-electron chi connectivity index (χ4n) is 3.33. The smallest absolute Gasteiger partial charge is 0.0167 e. The third-order valence-corrected chi connectivity index (χ3v) is 4.84. The molecule has 1 aliphatic heterocycles. The molecule has 0 amide bonds. The first-order valence-electron chi connectivity index (χ1n) is 9.02. The Morgan fingerprint density at radius 3 is 2.08 bits per heavy atom. The van der Waals surface area contributed by atoms with E-state index < -0.39 is 0 Å². The van der Waals surface area contributed by atoms with Crippen LogP contribution in [-0.2, 0) is 0 Å². The second kappa shape index (κ2) is 8.81. The fourth-order valence-corrected chi connectivity index (χ4v) is 3.33. The highest BCUT2D eigenvalue weighted by molar-refractivity contribution is 5.48. The average molecular weight is 320 g/mol. The van der Waals surface area contributed by atoms with Gasteiger partial charge >= 0.3 is 0 Å². The fraction of sp³-hybridized carbons (Fsp3) is 0.364. The van der Waals surface area contributed by atoms with Gasteiger partial charge in [0.15, 0.2) is 0 Å². The molecule has 2 nitrogen and oxygen atoms in total. The zero-order valence-corrected chi connectivity index (χ0v) is 14.6. The van der Waals surface area contributed by atoms with Crippen LogP contribution < -0.4 is 0 Å². The van der Waals surface area contributed by atoms with Crippen LogP contribution in [0.5, 0.6) is 0 Å². The van der Waals surface area contributed by atoms with Crippen molar-refractivity contribution in [2.45, 2.75) is 12.8 Å². The summed E-state index contributed by atoms with van der Waals surface area (Å²) in [5.41, 5.74) is 2.73. The zero-order chi connectivity index (χ0) is 16.6. The molecule has 2 aromatic rings. The molecule has 126 valence electrons. The highest BCUT2D eigenvalue weighted by atomic mass is 15.3. The molecule has 1 aliphatic rings. The van der Waals surface area contributed by atoms with Crippen molar-refractivity contribution >= 4 is 6.08 Å². The van der Waals surface area contributed by atoms with Gasteiger partial charge in [0.1, 0.15) is 0 Å². The maximum atomic E-state index is 2.61. The van der Waals surface area contributed by atoms with Gasteiger partial charge in [-0.1, -0.05) is 79.7 Å². The normalized spacial score (nSPS) is 18.0. The van der Waals surface area contributed by atoms with Crippen molar-refractivity contribution in [2.24, 2.45) is 0 Å². The molecule has 0 spiro atoms. The van der Waals surface area contributed by atoms with Gasteiger partial charge < -0.3 is 4.90 Å². The number of benzene rings is 2. The summed E-state index contributed by atoms with van der Waals surface area (Å²) in [6, 6.07) is 21.4. The van der Waals surface area contributed by atoms with Gasteiger partial charge in [0.05, 0.1) is 0 Å². The predicted molar refractivity (Wildman–Crippen MR) is 103 cm³/mol. The Morgan fingerprint density at radius 1 is 0.833 bits per heavy atom. The summed E-state index contributed by atoms with van der Waals surface area (Å²) >= 11 is 0. The van der Waals surface area contributed by atoms with Gasteiger partial charge in [0.25, 0.3) is 0 Å². The Hall–Kier alpha value is -1.90. The van der Waals surface area contributed by atoms with Crippen molar-refractivity contribution in [3.8, 4) is 0 Å². The van der Waals surface area contributed by atoms with E-state index in [1.807, 2.05) is 0 Å². The van der Waals surface area contributed by atoms with Crippen LogP contribution in [0.15, 0.2) is 66.7 Å². The van der Waals surface area contributed by atoms with E-state index in [4.69, 9.17) is 0 Å². The zero-order valence-electron chi connectivity index (χ0n) is 14.6. The summed E-state index contributed by atoms with van der Waals surface area (Å²) in [6.07, 6.45) is 4.52. The van der Waals surface area contributed by atoms with E-state index in [0.29, 0.717) is 5.92 Å². The third-order valence-electron chi connectivity index (χ3n) is 4.84. The second-order valence-corrected chi connectivity index (χ2v) is 6.73. The van der Waals surface area contributed by atoms with Crippen molar-refractivity contribution < 1.29 is 0 Å². The lowest BCUT2D eigenvalue weighted by Gasteiger charge is -2.35. The lowest BCUT2D eigenvalue weighted by molar-refractivity contribution is 0.138. The second-order valence-electron chi connectivity index (χ2n) is 6.73. The molecule has 2 aromatic carbocycles. The Bertz CT molecular complexity index is 613. The van der Waals surface area contributed by atoms with Gasteiger partial charge in [-0.25, -0.2) is 0 Å². The monoisotopic (exact) mass is 320 g/mol. The van der Waals surface area contributed by atoms with Crippen molar-refractivity contribution in [2.75, 3.05) is 39.3 Å². The molecule has 1 unspecified atom stereocenters. The maximum Gasteiger partial charge on any atom is 0.0167 e. The number of piperazine rings is 1. The molecule has 1 heterocycles. The van der Waals surface area contributed by atoms with Crippen LogP contribution >= 0.6 is 0 Å². The average Bonchev–Trinajstić information content (AvgIpc) is 2.65. The van der Waals surface area contributed by atoms with Crippen LogP contribution in [0, 0.1) is 0 Å². The minimum Gasteiger partial charge on any atom is -0.300 e. The third kappa shape index (κ3) is 5.05. The number of rotatable bonds is 6. The Morgan fingerprint density at radius 2 is 1.42 bits per heavy atom. The Balaban J connectivity index is 1.40. The Kier molecular flexibility index (Phi) is 6.22. The highest BCUT2D eigenvalue weighted by Crippen LogP contribution is 2.17. The van der Waals surface area contributed by atoms with Crippen LogP contribution in [0.4, 0.5) is 0 Å². The minimum atomic E-state index is 0.607. The van der Waals surface area contributed by atoms with Crippen LogP contribution in [0.3, 0.4) is 0 Å². The molecule has 0 aliphatic carbocycles. The first kappa shape index (κ1) is 16.9. The first-order valence-corrected chi connectivity index (χ1v) is 9.02. The summed E-state index contributed by atoms with van der Waals surface area (Å²) < 4.78 is 0. The SMILES string of the molecule is CC(CN1CCN(C/C=C/c2ccccc2)CC1)c1ccccc1. The predicted octanol–water partition coefficient (Wildman–Crippen LogP) is 4.12. The van der Waals surface area contributed by atoms with Gasteiger partial charge in [-0.2, -0.15) is 0 Å².